The lowest BCUT2D eigenvalue weighted by Gasteiger charge is -2.37. The number of aliphatic hydroxyl groups is 1. The molecule has 0 radical (unpaired) electrons. The van der Waals surface area contributed by atoms with Crippen LogP contribution in [-0.2, 0) is 11.8 Å². The van der Waals surface area contributed by atoms with Crippen molar-refractivity contribution in [1.29, 1.82) is 0 Å². The molecule has 0 unspecified atom stereocenters. The highest BCUT2D eigenvalue weighted by atomic mass is 16.5. The summed E-state index contributed by atoms with van der Waals surface area (Å²) in [6.45, 7) is 2.68. The molecule has 1 saturated heterocycles. The predicted molar refractivity (Wildman–Crippen MR) is 102 cm³/mol. The van der Waals surface area contributed by atoms with Gasteiger partial charge >= 0.3 is 0 Å². The molecule has 8 heteroatoms. The Morgan fingerprint density at radius 2 is 2.04 bits per heavy atom. The summed E-state index contributed by atoms with van der Waals surface area (Å²) in [5.41, 5.74) is 0.489. The first-order valence-electron chi connectivity index (χ1n) is 9.62. The first kappa shape index (κ1) is 18.9. The summed E-state index contributed by atoms with van der Waals surface area (Å²) in [7, 11) is 1.78. The van der Waals surface area contributed by atoms with Crippen LogP contribution in [0.2, 0.25) is 0 Å². The minimum Gasteiger partial charge on any atom is -0.488 e. The maximum atomic E-state index is 12.7. The minimum absolute atomic E-state index is 0.198. The molecule has 1 aliphatic heterocycles. The molecule has 2 heterocycles. The van der Waals surface area contributed by atoms with Gasteiger partial charge in [0, 0.05) is 26.6 Å². The number of carbonyl (C=O) groups is 1. The Bertz CT molecular complexity index is 791. The number of rotatable bonds is 5. The van der Waals surface area contributed by atoms with Gasteiger partial charge in [-0.05, 0) is 12.1 Å². The highest BCUT2D eigenvalue weighted by Crippen LogP contribution is 2.30. The lowest BCUT2D eigenvalue weighted by Crippen LogP contribution is -2.56. The Balaban J connectivity index is 1.52. The zero-order chi connectivity index (χ0) is 19.5. The standard InChI is InChI=1S/C20H26N4O4/c1-23-13-21-12-16(23)20(26)22-15-11-17(28-14-5-3-2-4-6-14)19(25)18(15)24-7-9-27-10-8-24/h2-6,12-13,15,17-19,25H,7-11H2,1H3,(H,22,26)/t15-,17-,18+,19+/m1/s1. The average Bonchev–Trinajstić information content (AvgIpc) is 3.27. The van der Waals surface area contributed by atoms with E-state index in [1.165, 1.54) is 0 Å². The van der Waals surface area contributed by atoms with Gasteiger partial charge in [-0.15, -0.1) is 0 Å². The molecule has 2 aliphatic rings. The quantitative estimate of drug-likeness (QED) is 0.775. The number of nitrogens with zero attached hydrogens (tertiary/aromatic N) is 3. The summed E-state index contributed by atoms with van der Waals surface area (Å²) >= 11 is 0. The van der Waals surface area contributed by atoms with Crippen molar-refractivity contribution in [3.8, 4) is 5.75 Å². The fraction of sp³-hybridized carbons (Fsp3) is 0.500. The van der Waals surface area contributed by atoms with E-state index in [0.29, 0.717) is 31.1 Å². The summed E-state index contributed by atoms with van der Waals surface area (Å²) in [6.07, 6.45) is 2.56. The molecule has 2 fully saturated rings. The van der Waals surface area contributed by atoms with Crippen LogP contribution in [0.15, 0.2) is 42.9 Å². The van der Waals surface area contributed by atoms with E-state index in [1.54, 1.807) is 24.1 Å². The second-order valence-corrected chi connectivity index (χ2v) is 7.30. The molecule has 4 atom stereocenters. The van der Waals surface area contributed by atoms with Gasteiger partial charge in [-0.25, -0.2) is 4.98 Å². The maximum absolute atomic E-state index is 12.7. The summed E-state index contributed by atoms with van der Waals surface area (Å²) < 4.78 is 13.2. The second-order valence-electron chi connectivity index (χ2n) is 7.30. The smallest absolute Gasteiger partial charge is 0.269 e. The van der Waals surface area contributed by atoms with Crippen LogP contribution in [-0.4, -0.2) is 76.1 Å². The number of hydrogen-bond donors (Lipinski definition) is 2. The van der Waals surface area contributed by atoms with Crippen LogP contribution in [0.3, 0.4) is 0 Å². The first-order valence-corrected chi connectivity index (χ1v) is 9.62. The predicted octanol–water partition coefficient (Wildman–Crippen LogP) is 0.431. The van der Waals surface area contributed by atoms with Crippen LogP contribution in [0, 0.1) is 0 Å². The molecule has 0 spiro atoms. The number of nitrogens with one attached hydrogen (secondary N) is 1. The third kappa shape index (κ3) is 3.89. The highest BCUT2D eigenvalue weighted by molar-refractivity contribution is 5.92. The molecule has 4 rings (SSSR count). The highest BCUT2D eigenvalue weighted by Gasteiger charge is 2.47. The van der Waals surface area contributed by atoms with Gasteiger partial charge < -0.3 is 24.5 Å². The summed E-state index contributed by atoms with van der Waals surface area (Å²) in [5, 5.41) is 14.1. The van der Waals surface area contributed by atoms with Crippen LogP contribution in [0.5, 0.6) is 5.75 Å². The SMILES string of the molecule is Cn1cncc1C(=O)N[C@@H]1C[C@@H](Oc2ccccc2)[C@H](O)[C@H]1N1CCOCC1. The lowest BCUT2D eigenvalue weighted by molar-refractivity contribution is -0.0350. The number of aromatic nitrogens is 2. The van der Waals surface area contributed by atoms with Crippen LogP contribution in [0.25, 0.3) is 0 Å². The van der Waals surface area contributed by atoms with Gasteiger partial charge in [-0.2, -0.15) is 0 Å². The number of ether oxygens (including phenoxy) is 2. The minimum atomic E-state index is -0.713. The monoisotopic (exact) mass is 386 g/mol. The fourth-order valence-electron chi connectivity index (χ4n) is 4.09. The van der Waals surface area contributed by atoms with Gasteiger partial charge in [0.05, 0.1) is 37.8 Å². The van der Waals surface area contributed by atoms with E-state index in [4.69, 9.17) is 9.47 Å². The number of morpholine rings is 1. The van der Waals surface area contributed by atoms with E-state index in [-0.39, 0.29) is 18.0 Å². The fourth-order valence-corrected chi connectivity index (χ4v) is 4.09. The van der Waals surface area contributed by atoms with Crippen molar-refractivity contribution in [2.45, 2.75) is 30.7 Å². The van der Waals surface area contributed by atoms with E-state index in [1.807, 2.05) is 30.3 Å². The van der Waals surface area contributed by atoms with Gasteiger partial charge in [0.15, 0.2) is 0 Å². The molecule has 1 amide bonds. The molecule has 1 aromatic carbocycles. The molecule has 1 saturated carbocycles. The second kappa shape index (κ2) is 8.30. The molecule has 0 bridgehead atoms. The van der Waals surface area contributed by atoms with Crippen LogP contribution < -0.4 is 10.1 Å². The number of carbonyl (C=O) groups excluding carboxylic acids is 1. The topological polar surface area (TPSA) is 88.9 Å². The van der Waals surface area contributed by atoms with Crippen molar-refractivity contribution in [1.82, 2.24) is 19.8 Å². The largest absolute Gasteiger partial charge is 0.488 e. The Morgan fingerprint density at radius 1 is 1.29 bits per heavy atom. The van der Waals surface area contributed by atoms with E-state index in [0.717, 1.165) is 13.1 Å². The molecule has 1 aliphatic carbocycles. The zero-order valence-electron chi connectivity index (χ0n) is 15.9. The number of amides is 1. The first-order chi connectivity index (χ1) is 13.6. The number of benzene rings is 1. The lowest BCUT2D eigenvalue weighted by atomic mass is 10.1. The molecule has 1 aromatic heterocycles. The number of para-hydroxylation sites is 1. The maximum Gasteiger partial charge on any atom is 0.269 e. The zero-order valence-corrected chi connectivity index (χ0v) is 15.9. The van der Waals surface area contributed by atoms with Crippen LogP contribution >= 0.6 is 0 Å². The number of imidazole rings is 1. The average molecular weight is 386 g/mol. The Morgan fingerprint density at radius 3 is 2.71 bits per heavy atom. The van der Waals surface area contributed by atoms with Gasteiger partial charge in [0.2, 0.25) is 0 Å². The van der Waals surface area contributed by atoms with E-state index in [2.05, 4.69) is 15.2 Å². The van der Waals surface area contributed by atoms with Crippen molar-refractivity contribution < 1.29 is 19.4 Å². The summed E-state index contributed by atoms with van der Waals surface area (Å²) in [5.74, 6) is 0.515. The van der Waals surface area contributed by atoms with Crippen molar-refractivity contribution >= 4 is 5.91 Å². The van der Waals surface area contributed by atoms with Crippen molar-refractivity contribution in [3.63, 3.8) is 0 Å². The van der Waals surface area contributed by atoms with Gasteiger partial charge in [0.1, 0.15) is 23.7 Å². The normalized spacial score (nSPS) is 28.2. The Hall–Kier alpha value is -2.42. The molecule has 150 valence electrons. The van der Waals surface area contributed by atoms with Crippen molar-refractivity contribution in [2.75, 3.05) is 26.3 Å². The van der Waals surface area contributed by atoms with Gasteiger partial charge in [-0.1, -0.05) is 18.2 Å². The van der Waals surface area contributed by atoms with E-state index < -0.39 is 12.2 Å². The van der Waals surface area contributed by atoms with Crippen LogP contribution in [0.4, 0.5) is 0 Å². The Labute approximate surface area is 164 Å². The third-order valence-corrected chi connectivity index (χ3v) is 5.49. The number of aryl methyl sites for hydroxylation is 1. The third-order valence-electron chi connectivity index (χ3n) is 5.49. The molecular weight excluding hydrogens is 360 g/mol. The van der Waals surface area contributed by atoms with Crippen LogP contribution in [0.1, 0.15) is 16.9 Å². The summed E-state index contributed by atoms with van der Waals surface area (Å²) in [6, 6.07) is 9.01. The molecular formula is C20H26N4O4. The van der Waals surface area contributed by atoms with E-state index >= 15 is 0 Å². The number of aliphatic hydroxyl groups excluding tert-OH is 1. The molecule has 28 heavy (non-hydrogen) atoms. The van der Waals surface area contributed by atoms with Crippen molar-refractivity contribution in [2.24, 2.45) is 7.05 Å². The molecule has 2 aromatic rings. The molecule has 2 N–H and O–H groups in total. The van der Waals surface area contributed by atoms with Gasteiger partial charge in [-0.3, -0.25) is 9.69 Å². The Kier molecular flexibility index (Phi) is 5.61. The van der Waals surface area contributed by atoms with E-state index in [9.17, 15) is 9.90 Å². The van der Waals surface area contributed by atoms with Gasteiger partial charge in [0.25, 0.3) is 5.91 Å². The number of hydrogen-bond acceptors (Lipinski definition) is 6. The van der Waals surface area contributed by atoms with Crippen molar-refractivity contribution in [3.05, 3.63) is 48.5 Å². The summed E-state index contributed by atoms with van der Waals surface area (Å²) in [4.78, 5) is 18.9. The molecule has 8 nitrogen and oxygen atoms in total.